The molecule has 0 heterocycles. The molecule has 0 fully saturated rings. The lowest BCUT2D eigenvalue weighted by atomic mass is 9.96. The van der Waals surface area contributed by atoms with E-state index in [1.165, 1.54) is 17.7 Å². The molecule has 0 saturated carbocycles. The molecule has 90 valence electrons. The Morgan fingerprint density at radius 1 is 1.19 bits per heavy atom. The number of hydrogen-bond donors (Lipinski definition) is 1. The minimum Gasteiger partial charge on any atom is -0.375 e. The molecule has 2 N–H and O–H groups in total. The Labute approximate surface area is 99.5 Å². The van der Waals surface area contributed by atoms with Gasteiger partial charge in [-0.25, -0.2) is 0 Å². The van der Waals surface area contributed by atoms with E-state index in [0.29, 0.717) is 5.92 Å². The summed E-state index contributed by atoms with van der Waals surface area (Å²) in [6.07, 6.45) is 2.29. The lowest BCUT2D eigenvalue weighted by Crippen LogP contribution is -2.18. The molecule has 0 aliphatic carbocycles. The monoisotopic (exact) mass is 220 g/mol. The van der Waals surface area contributed by atoms with Crippen LogP contribution in [-0.4, -0.2) is 20.1 Å². The summed E-state index contributed by atoms with van der Waals surface area (Å²) >= 11 is 0. The van der Waals surface area contributed by atoms with Crippen LogP contribution in [0.2, 0.25) is 0 Å². The SMILES string of the molecule is CCCN(C)c1ccc(C(CC)CN)cc1. The van der Waals surface area contributed by atoms with Crippen molar-refractivity contribution in [3.05, 3.63) is 29.8 Å². The molecular weight excluding hydrogens is 196 g/mol. The smallest absolute Gasteiger partial charge is 0.0363 e. The van der Waals surface area contributed by atoms with Gasteiger partial charge in [-0.3, -0.25) is 0 Å². The first-order valence-electron chi connectivity index (χ1n) is 6.24. The molecule has 1 unspecified atom stereocenters. The highest BCUT2D eigenvalue weighted by Crippen LogP contribution is 2.21. The first kappa shape index (κ1) is 13.0. The van der Waals surface area contributed by atoms with E-state index in [2.05, 4.69) is 50.1 Å². The second-order valence-corrected chi connectivity index (χ2v) is 4.35. The second-order valence-electron chi connectivity index (χ2n) is 4.35. The fourth-order valence-electron chi connectivity index (χ4n) is 2.00. The molecule has 0 aromatic heterocycles. The minimum absolute atomic E-state index is 0.505. The summed E-state index contributed by atoms with van der Waals surface area (Å²) in [5.41, 5.74) is 8.40. The fraction of sp³-hybridized carbons (Fsp3) is 0.571. The van der Waals surface area contributed by atoms with Crippen molar-refractivity contribution < 1.29 is 0 Å². The van der Waals surface area contributed by atoms with Crippen molar-refractivity contribution >= 4 is 5.69 Å². The van der Waals surface area contributed by atoms with Crippen molar-refractivity contribution in [1.29, 1.82) is 0 Å². The Bertz CT molecular complexity index is 288. The molecule has 16 heavy (non-hydrogen) atoms. The van der Waals surface area contributed by atoms with Crippen molar-refractivity contribution in [3.8, 4) is 0 Å². The van der Waals surface area contributed by atoms with Crippen LogP contribution in [0.25, 0.3) is 0 Å². The molecule has 1 aromatic rings. The highest BCUT2D eigenvalue weighted by Gasteiger charge is 2.07. The quantitative estimate of drug-likeness (QED) is 0.798. The van der Waals surface area contributed by atoms with Crippen LogP contribution in [0, 0.1) is 0 Å². The van der Waals surface area contributed by atoms with Crippen molar-refractivity contribution in [1.82, 2.24) is 0 Å². The van der Waals surface area contributed by atoms with Crippen LogP contribution in [0.1, 0.15) is 38.2 Å². The van der Waals surface area contributed by atoms with Gasteiger partial charge in [-0.15, -0.1) is 0 Å². The lowest BCUT2D eigenvalue weighted by molar-refractivity contribution is 0.674. The maximum atomic E-state index is 5.75. The van der Waals surface area contributed by atoms with Gasteiger partial charge in [0.25, 0.3) is 0 Å². The molecule has 0 spiro atoms. The molecular formula is C14H24N2. The summed E-state index contributed by atoms with van der Waals surface area (Å²) in [4.78, 5) is 2.28. The van der Waals surface area contributed by atoms with Crippen LogP contribution < -0.4 is 10.6 Å². The van der Waals surface area contributed by atoms with E-state index < -0.39 is 0 Å². The van der Waals surface area contributed by atoms with E-state index >= 15 is 0 Å². The molecule has 0 amide bonds. The molecule has 0 aliphatic rings. The van der Waals surface area contributed by atoms with Crippen molar-refractivity contribution in [3.63, 3.8) is 0 Å². The van der Waals surface area contributed by atoms with Gasteiger partial charge in [-0.2, -0.15) is 0 Å². The summed E-state index contributed by atoms with van der Waals surface area (Å²) in [5.74, 6) is 0.505. The average Bonchev–Trinajstić information content (AvgIpc) is 2.32. The topological polar surface area (TPSA) is 29.3 Å². The fourth-order valence-corrected chi connectivity index (χ4v) is 2.00. The molecule has 1 rings (SSSR count). The molecule has 0 aliphatic heterocycles. The third-order valence-corrected chi connectivity index (χ3v) is 3.14. The van der Waals surface area contributed by atoms with Gasteiger partial charge in [0.1, 0.15) is 0 Å². The number of anilines is 1. The first-order valence-corrected chi connectivity index (χ1v) is 6.24. The van der Waals surface area contributed by atoms with E-state index in [1.54, 1.807) is 0 Å². The zero-order valence-corrected chi connectivity index (χ0v) is 10.7. The molecule has 1 aromatic carbocycles. The number of nitrogens with two attached hydrogens (primary N) is 1. The van der Waals surface area contributed by atoms with Crippen LogP contribution in [0.4, 0.5) is 5.69 Å². The lowest BCUT2D eigenvalue weighted by Gasteiger charge is -2.20. The van der Waals surface area contributed by atoms with Gasteiger partial charge in [0.05, 0.1) is 0 Å². The van der Waals surface area contributed by atoms with Crippen molar-refractivity contribution in [2.75, 3.05) is 25.0 Å². The highest BCUT2D eigenvalue weighted by molar-refractivity contribution is 5.47. The van der Waals surface area contributed by atoms with Gasteiger partial charge in [-0.05, 0) is 43.0 Å². The van der Waals surface area contributed by atoms with Crippen LogP contribution in [0.15, 0.2) is 24.3 Å². The van der Waals surface area contributed by atoms with E-state index in [4.69, 9.17) is 5.73 Å². The summed E-state index contributed by atoms with van der Waals surface area (Å²) in [6.45, 7) is 6.23. The summed E-state index contributed by atoms with van der Waals surface area (Å²) in [6, 6.07) is 8.82. The van der Waals surface area contributed by atoms with E-state index in [1.807, 2.05) is 0 Å². The maximum absolute atomic E-state index is 5.75. The Hall–Kier alpha value is -1.02. The van der Waals surface area contributed by atoms with Crippen LogP contribution in [0.5, 0.6) is 0 Å². The van der Waals surface area contributed by atoms with Gasteiger partial charge in [-0.1, -0.05) is 26.0 Å². The first-order chi connectivity index (χ1) is 7.72. The second kappa shape index (κ2) is 6.54. The van der Waals surface area contributed by atoms with Crippen molar-refractivity contribution in [2.24, 2.45) is 5.73 Å². The maximum Gasteiger partial charge on any atom is 0.0363 e. The van der Waals surface area contributed by atoms with Crippen LogP contribution in [-0.2, 0) is 0 Å². The van der Waals surface area contributed by atoms with E-state index in [-0.39, 0.29) is 0 Å². The zero-order chi connectivity index (χ0) is 12.0. The van der Waals surface area contributed by atoms with Gasteiger partial charge in [0, 0.05) is 19.3 Å². The Morgan fingerprint density at radius 3 is 2.25 bits per heavy atom. The summed E-state index contributed by atoms with van der Waals surface area (Å²) in [7, 11) is 2.14. The summed E-state index contributed by atoms with van der Waals surface area (Å²) < 4.78 is 0. The molecule has 2 heteroatoms. The Balaban J connectivity index is 2.74. The molecule has 2 nitrogen and oxygen atoms in total. The van der Waals surface area contributed by atoms with E-state index in [0.717, 1.165) is 19.5 Å². The number of hydrogen-bond acceptors (Lipinski definition) is 2. The zero-order valence-electron chi connectivity index (χ0n) is 10.7. The highest BCUT2D eigenvalue weighted by atomic mass is 15.1. The minimum atomic E-state index is 0.505. The van der Waals surface area contributed by atoms with Crippen molar-refractivity contribution in [2.45, 2.75) is 32.6 Å². The molecule has 0 saturated heterocycles. The largest absolute Gasteiger partial charge is 0.375 e. The predicted molar refractivity (Wildman–Crippen MR) is 72.1 cm³/mol. The Kier molecular flexibility index (Phi) is 5.33. The van der Waals surface area contributed by atoms with Gasteiger partial charge in [0.15, 0.2) is 0 Å². The standard InChI is InChI=1S/C14H24N2/c1-4-10-16(3)14-8-6-13(7-9-14)12(5-2)11-15/h6-9,12H,4-5,10-11,15H2,1-3H3. The van der Waals surface area contributed by atoms with E-state index in [9.17, 15) is 0 Å². The molecule has 0 bridgehead atoms. The van der Waals surface area contributed by atoms with Gasteiger partial charge >= 0.3 is 0 Å². The number of rotatable bonds is 6. The normalized spacial score (nSPS) is 12.5. The van der Waals surface area contributed by atoms with Gasteiger partial charge in [0.2, 0.25) is 0 Å². The number of nitrogens with zero attached hydrogens (tertiary/aromatic N) is 1. The predicted octanol–water partition coefficient (Wildman–Crippen LogP) is 2.99. The third kappa shape index (κ3) is 3.24. The van der Waals surface area contributed by atoms with Crippen LogP contribution in [0.3, 0.4) is 0 Å². The molecule has 1 atom stereocenters. The summed E-state index contributed by atoms with van der Waals surface area (Å²) in [5, 5.41) is 0. The third-order valence-electron chi connectivity index (χ3n) is 3.14. The average molecular weight is 220 g/mol. The number of benzene rings is 1. The molecule has 0 radical (unpaired) electrons. The van der Waals surface area contributed by atoms with Crippen LogP contribution >= 0.6 is 0 Å². The van der Waals surface area contributed by atoms with Gasteiger partial charge < -0.3 is 10.6 Å². The Morgan fingerprint density at radius 2 is 1.81 bits per heavy atom.